The maximum Gasteiger partial charge on any atom is 0.238 e. The van der Waals surface area contributed by atoms with Gasteiger partial charge in [-0.25, -0.2) is 4.98 Å². The third kappa shape index (κ3) is 5.74. The number of aromatic nitrogens is 1. The molecule has 2 rings (SSSR count). The summed E-state index contributed by atoms with van der Waals surface area (Å²) in [7, 11) is 1.87. The molecule has 0 bridgehead atoms. The zero-order valence-corrected chi connectivity index (χ0v) is 14.6. The van der Waals surface area contributed by atoms with Crippen LogP contribution in [-0.2, 0) is 4.79 Å². The van der Waals surface area contributed by atoms with Crippen LogP contribution in [0.25, 0.3) is 11.3 Å². The zero-order valence-electron chi connectivity index (χ0n) is 13.7. The molecular formula is C17H23N3O2S. The van der Waals surface area contributed by atoms with E-state index in [1.807, 2.05) is 48.5 Å². The highest BCUT2D eigenvalue weighted by Gasteiger charge is 2.09. The molecule has 6 heteroatoms. The van der Waals surface area contributed by atoms with Gasteiger partial charge >= 0.3 is 0 Å². The molecule has 23 heavy (non-hydrogen) atoms. The second-order valence-corrected chi connectivity index (χ2v) is 6.82. The predicted octanol–water partition coefficient (Wildman–Crippen LogP) is 2.76. The fourth-order valence-electron chi connectivity index (χ4n) is 2.18. The average molecular weight is 333 g/mol. The number of aliphatic hydroxyl groups is 1. The van der Waals surface area contributed by atoms with Gasteiger partial charge in [-0.1, -0.05) is 12.1 Å². The van der Waals surface area contributed by atoms with Crippen LogP contribution in [0.5, 0.6) is 0 Å². The van der Waals surface area contributed by atoms with Gasteiger partial charge in [-0.3, -0.25) is 9.69 Å². The number of likely N-dealkylation sites (N-methyl/N-ethyl adjacent to an activating group) is 1. The molecule has 1 aromatic carbocycles. The molecular weight excluding hydrogens is 310 g/mol. The molecule has 1 heterocycles. The van der Waals surface area contributed by atoms with Crippen LogP contribution >= 0.6 is 11.3 Å². The Balaban J connectivity index is 1.93. The van der Waals surface area contributed by atoms with Crippen LogP contribution in [0.3, 0.4) is 0 Å². The first-order valence-electron chi connectivity index (χ1n) is 7.63. The van der Waals surface area contributed by atoms with E-state index < -0.39 is 0 Å². The number of nitrogens with one attached hydrogen (secondary N) is 1. The van der Waals surface area contributed by atoms with Crippen molar-refractivity contribution in [1.82, 2.24) is 9.88 Å². The van der Waals surface area contributed by atoms with Gasteiger partial charge in [0.15, 0.2) is 0 Å². The number of nitrogens with zero attached hydrogens (tertiary/aromatic N) is 2. The standard InChI is InChI=1S/C17H23N3O2S/c1-12(21)7-8-20(3)10-17(22)19-15-6-4-5-14(9-15)16-11-23-13(2)18-16/h4-6,9,11-12,21H,7-8,10H2,1-3H3,(H,19,22). The fourth-order valence-corrected chi connectivity index (χ4v) is 2.81. The maximum atomic E-state index is 12.1. The minimum absolute atomic E-state index is 0.0651. The second kappa shape index (κ2) is 8.19. The van der Waals surface area contributed by atoms with Crippen molar-refractivity contribution in [1.29, 1.82) is 0 Å². The Hall–Kier alpha value is -1.76. The van der Waals surface area contributed by atoms with Crippen LogP contribution in [0.15, 0.2) is 29.6 Å². The monoisotopic (exact) mass is 333 g/mol. The summed E-state index contributed by atoms with van der Waals surface area (Å²) in [6.07, 6.45) is 0.307. The van der Waals surface area contributed by atoms with Gasteiger partial charge < -0.3 is 10.4 Å². The lowest BCUT2D eigenvalue weighted by Crippen LogP contribution is -2.32. The van der Waals surface area contributed by atoms with Gasteiger partial charge in [-0.15, -0.1) is 11.3 Å². The Labute approximate surface area is 141 Å². The van der Waals surface area contributed by atoms with Gasteiger partial charge in [0.05, 0.1) is 23.4 Å². The Bertz CT molecular complexity index is 655. The summed E-state index contributed by atoms with van der Waals surface area (Å²) in [5.41, 5.74) is 2.69. The van der Waals surface area contributed by atoms with E-state index in [1.54, 1.807) is 18.3 Å². The van der Waals surface area contributed by atoms with E-state index in [0.717, 1.165) is 22.0 Å². The molecule has 0 saturated carbocycles. The Kier molecular flexibility index (Phi) is 6.27. The molecule has 1 unspecified atom stereocenters. The van der Waals surface area contributed by atoms with Gasteiger partial charge in [-0.05, 0) is 39.4 Å². The average Bonchev–Trinajstić information content (AvgIpc) is 2.92. The second-order valence-electron chi connectivity index (χ2n) is 5.76. The summed E-state index contributed by atoms with van der Waals surface area (Å²) in [4.78, 5) is 18.5. The molecule has 2 aromatic rings. The number of carbonyl (C=O) groups is 1. The number of anilines is 1. The molecule has 124 valence electrons. The van der Waals surface area contributed by atoms with Crippen LogP contribution in [-0.4, -0.2) is 47.1 Å². The topological polar surface area (TPSA) is 65.5 Å². The summed E-state index contributed by atoms with van der Waals surface area (Å²) in [6, 6.07) is 7.70. The lowest BCUT2D eigenvalue weighted by atomic mass is 10.1. The van der Waals surface area contributed by atoms with Crippen LogP contribution in [0.1, 0.15) is 18.4 Å². The van der Waals surface area contributed by atoms with E-state index in [9.17, 15) is 9.90 Å². The molecule has 2 N–H and O–H groups in total. The number of thiazole rings is 1. The molecule has 0 radical (unpaired) electrons. The van der Waals surface area contributed by atoms with Gasteiger partial charge in [0.1, 0.15) is 0 Å². The number of amides is 1. The van der Waals surface area contributed by atoms with Crippen molar-refractivity contribution in [3.05, 3.63) is 34.7 Å². The molecule has 5 nitrogen and oxygen atoms in total. The third-order valence-electron chi connectivity index (χ3n) is 3.40. The Morgan fingerprint density at radius 1 is 1.48 bits per heavy atom. The summed E-state index contributed by atoms with van der Waals surface area (Å²) in [5.74, 6) is -0.0651. The number of aliphatic hydroxyl groups excluding tert-OH is 1. The summed E-state index contributed by atoms with van der Waals surface area (Å²) < 4.78 is 0. The SMILES string of the molecule is Cc1nc(-c2cccc(NC(=O)CN(C)CCC(C)O)c2)cs1. The minimum atomic E-state index is -0.348. The largest absolute Gasteiger partial charge is 0.393 e. The van der Waals surface area contributed by atoms with Gasteiger partial charge in [0.25, 0.3) is 0 Å². The fraction of sp³-hybridized carbons (Fsp3) is 0.412. The number of carbonyl (C=O) groups excluding carboxylic acids is 1. The number of hydrogen-bond acceptors (Lipinski definition) is 5. The van der Waals surface area contributed by atoms with Crippen molar-refractivity contribution in [2.75, 3.05) is 25.5 Å². The maximum absolute atomic E-state index is 12.1. The van der Waals surface area contributed by atoms with E-state index in [2.05, 4.69) is 10.3 Å². The van der Waals surface area contributed by atoms with E-state index in [-0.39, 0.29) is 12.0 Å². The highest BCUT2D eigenvalue weighted by atomic mass is 32.1. The summed E-state index contributed by atoms with van der Waals surface area (Å²) in [6.45, 7) is 4.71. The van der Waals surface area contributed by atoms with Crippen molar-refractivity contribution in [3.63, 3.8) is 0 Å². The van der Waals surface area contributed by atoms with E-state index in [4.69, 9.17) is 0 Å². The highest BCUT2D eigenvalue weighted by Crippen LogP contribution is 2.24. The van der Waals surface area contributed by atoms with Gasteiger partial charge in [0.2, 0.25) is 5.91 Å². The number of benzene rings is 1. The van der Waals surface area contributed by atoms with Crippen molar-refractivity contribution in [2.24, 2.45) is 0 Å². The number of hydrogen-bond donors (Lipinski definition) is 2. The molecule has 0 saturated heterocycles. The first-order valence-corrected chi connectivity index (χ1v) is 8.51. The van der Waals surface area contributed by atoms with Crippen molar-refractivity contribution >= 4 is 22.9 Å². The third-order valence-corrected chi connectivity index (χ3v) is 4.18. The lowest BCUT2D eigenvalue weighted by Gasteiger charge is -2.17. The highest BCUT2D eigenvalue weighted by molar-refractivity contribution is 7.09. The Morgan fingerprint density at radius 3 is 2.91 bits per heavy atom. The van der Waals surface area contributed by atoms with Crippen molar-refractivity contribution < 1.29 is 9.90 Å². The normalized spacial score (nSPS) is 12.4. The first kappa shape index (κ1) is 17.6. The van der Waals surface area contributed by atoms with Gasteiger partial charge in [0, 0.05) is 23.2 Å². The lowest BCUT2D eigenvalue weighted by molar-refractivity contribution is -0.117. The quantitative estimate of drug-likeness (QED) is 0.818. The molecule has 0 aliphatic rings. The molecule has 0 aliphatic carbocycles. The zero-order chi connectivity index (χ0) is 16.8. The predicted molar refractivity (Wildman–Crippen MR) is 94.7 cm³/mol. The molecule has 1 aromatic heterocycles. The van der Waals surface area contributed by atoms with E-state index >= 15 is 0 Å². The van der Waals surface area contributed by atoms with Crippen LogP contribution in [0.2, 0.25) is 0 Å². The summed E-state index contributed by atoms with van der Waals surface area (Å²) >= 11 is 1.61. The first-order chi connectivity index (χ1) is 10.9. The van der Waals surface area contributed by atoms with Crippen molar-refractivity contribution in [3.8, 4) is 11.3 Å². The van der Waals surface area contributed by atoms with E-state index in [0.29, 0.717) is 19.5 Å². The van der Waals surface area contributed by atoms with Crippen molar-refractivity contribution in [2.45, 2.75) is 26.4 Å². The molecule has 0 aliphatic heterocycles. The molecule has 0 spiro atoms. The van der Waals surface area contributed by atoms with Crippen LogP contribution < -0.4 is 5.32 Å². The smallest absolute Gasteiger partial charge is 0.238 e. The Morgan fingerprint density at radius 2 is 2.26 bits per heavy atom. The van der Waals surface area contributed by atoms with E-state index in [1.165, 1.54) is 0 Å². The minimum Gasteiger partial charge on any atom is -0.393 e. The van der Waals surface area contributed by atoms with Crippen LogP contribution in [0.4, 0.5) is 5.69 Å². The molecule has 1 amide bonds. The molecule has 1 atom stereocenters. The number of rotatable bonds is 7. The number of aryl methyl sites for hydroxylation is 1. The van der Waals surface area contributed by atoms with Gasteiger partial charge in [-0.2, -0.15) is 0 Å². The summed E-state index contributed by atoms with van der Waals surface area (Å²) in [5, 5.41) is 15.2. The van der Waals surface area contributed by atoms with Crippen LogP contribution in [0, 0.1) is 6.92 Å². The molecule has 0 fully saturated rings.